The number of ketones is 1. The molecule has 3 amide bonds. The molecule has 170 valence electrons. The van der Waals surface area contributed by atoms with Crippen LogP contribution in [-0.2, 0) is 9.59 Å². The summed E-state index contributed by atoms with van der Waals surface area (Å²) in [6, 6.07) is 13.4. The summed E-state index contributed by atoms with van der Waals surface area (Å²) in [5.41, 5.74) is -0.472. The van der Waals surface area contributed by atoms with Crippen LogP contribution < -0.4 is 0 Å². The van der Waals surface area contributed by atoms with Gasteiger partial charge >= 0.3 is 0 Å². The van der Waals surface area contributed by atoms with Crippen LogP contribution in [0.3, 0.4) is 0 Å². The molecule has 3 atom stereocenters. The van der Waals surface area contributed by atoms with Crippen LogP contribution >= 0.6 is 0 Å². The van der Waals surface area contributed by atoms with Gasteiger partial charge in [0.15, 0.2) is 5.78 Å². The molecule has 0 unspecified atom stereocenters. The van der Waals surface area contributed by atoms with E-state index in [0.29, 0.717) is 18.4 Å². The number of hydrazine groups is 1. The van der Waals surface area contributed by atoms with Gasteiger partial charge in [0.25, 0.3) is 23.4 Å². The zero-order valence-electron chi connectivity index (χ0n) is 18.0. The van der Waals surface area contributed by atoms with E-state index in [-0.39, 0.29) is 11.5 Å². The van der Waals surface area contributed by atoms with Gasteiger partial charge in [-0.15, -0.1) is 0 Å². The number of fused-ring (bicyclic) bond motifs is 1. The number of imide groups is 1. The highest BCUT2D eigenvalue weighted by Crippen LogP contribution is 2.41. The van der Waals surface area contributed by atoms with Crippen molar-refractivity contribution in [3.8, 4) is 0 Å². The molecule has 9 heteroatoms. The summed E-state index contributed by atoms with van der Waals surface area (Å²) in [5.74, 6) is -3.37. The molecule has 0 N–H and O–H groups in total. The minimum absolute atomic E-state index is 0.258. The van der Waals surface area contributed by atoms with Crippen LogP contribution in [0.2, 0.25) is 0 Å². The number of amides is 3. The first-order valence-electron chi connectivity index (χ1n) is 10.8. The highest BCUT2D eigenvalue weighted by Gasteiger charge is 2.53. The molecule has 1 heterocycles. The molecule has 0 aromatic heterocycles. The number of Topliss-reactive ketones (excluding diaryl/α,β-unsaturated/α-hetero) is 1. The van der Waals surface area contributed by atoms with Crippen LogP contribution in [-0.4, -0.2) is 45.0 Å². The minimum atomic E-state index is -0.944. The van der Waals surface area contributed by atoms with Gasteiger partial charge < -0.3 is 0 Å². The van der Waals surface area contributed by atoms with Crippen molar-refractivity contribution in [3.05, 3.63) is 75.8 Å². The van der Waals surface area contributed by atoms with Crippen molar-refractivity contribution in [1.29, 1.82) is 0 Å². The molecule has 0 bridgehead atoms. The highest BCUT2D eigenvalue weighted by atomic mass is 16.6. The third kappa shape index (κ3) is 4.13. The van der Waals surface area contributed by atoms with Crippen molar-refractivity contribution >= 4 is 29.2 Å². The lowest BCUT2D eigenvalue weighted by Gasteiger charge is -2.30. The molecule has 33 heavy (non-hydrogen) atoms. The third-order valence-electron chi connectivity index (χ3n) is 6.36. The van der Waals surface area contributed by atoms with Gasteiger partial charge in [-0.3, -0.25) is 29.3 Å². The van der Waals surface area contributed by atoms with Gasteiger partial charge in [0.05, 0.1) is 16.8 Å². The van der Waals surface area contributed by atoms with Gasteiger partial charge in [-0.05, 0) is 31.2 Å². The van der Waals surface area contributed by atoms with Gasteiger partial charge in [0.2, 0.25) is 0 Å². The monoisotopic (exact) mass is 449 g/mol. The maximum Gasteiger partial charge on any atom is 0.282 e. The first-order chi connectivity index (χ1) is 15.8. The summed E-state index contributed by atoms with van der Waals surface area (Å²) in [6.45, 7) is 1.41. The fourth-order valence-corrected chi connectivity index (χ4v) is 4.65. The molecular formula is C24H23N3O6. The van der Waals surface area contributed by atoms with E-state index < -0.39 is 52.5 Å². The van der Waals surface area contributed by atoms with E-state index in [9.17, 15) is 29.3 Å². The average molecular weight is 449 g/mol. The lowest BCUT2D eigenvalue weighted by molar-refractivity contribution is -0.385. The van der Waals surface area contributed by atoms with Crippen molar-refractivity contribution in [2.45, 2.75) is 26.2 Å². The summed E-state index contributed by atoms with van der Waals surface area (Å²) in [7, 11) is 0. The first kappa shape index (κ1) is 22.3. The SMILES string of the molecule is C[C@@H]1CC[C@H]2C(=O)N(N(CC(=O)c3ccccc3)C(=O)c3ccccc3[N+](=O)[O-])C(=O)[C@@H]2C1. The van der Waals surface area contributed by atoms with Gasteiger partial charge in [-0.25, -0.2) is 5.01 Å². The highest BCUT2D eigenvalue weighted by molar-refractivity contribution is 6.10. The lowest BCUT2D eigenvalue weighted by Crippen LogP contribution is -2.52. The largest absolute Gasteiger partial charge is 0.292 e. The second kappa shape index (κ2) is 8.93. The fraction of sp³-hybridized carbons (Fsp3) is 0.333. The van der Waals surface area contributed by atoms with Crippen LogP contribution in [0, 0.1) is 27.9 Å². The quantitative estimate of drug-likeness (QED) is 0.289. The predicted molar refractivity (Wildman–Crippen MR) is 117 cm³/mol. The minimum Gasteiger partial charge on any atom is -0.292 e. The fourth-order valence-electron chi connectivity index (χ4n) is 4.65. The van der Waals surface area contributed by atoms with E-state index in [1.54, 1.807) is 30.3 Å². The number of carbonyl (C=O) groups excluding carboxylic acids is 4. The number of hydrogen-bond donors (Lipinski definition) is 0. The number of hydrogen-bond acceptors (Lipinski definition) is 6. The topological polar surface area (TPSA) is 118 Å². The molecule has 1 aliphatic heterocycles. The van der Waals surface area contributed by atoms with Crippen LogP contribution in [0.5, 0.6) is 0 Å². The Balaban J connectivity index is 1.74. The van der Waals surface area contributed by atoms with Crippen LogP contribution in [0.25, 0.3) is 0 Å². The Morgan fingerprint density at radius 3 is 2.33 bits per heavy atom. The van der Waals surface area contributed by atoms with E-state index in [4.69, 9.17) is 0 Å². The Morgan fingerprint density at radius 1 is 1.00 bits per heavy atom. The predicted octanol–water partition coefficient (Wildman–Crippen LogP) is 3.26. The molecular weight excluding hydrogens is 426 g/mol. The lowest BCUT2D eigenvalue weighted by atomic mass is 9.76. The van der Waals surface area contributed by atoms with Gasteiger partial charge in [0, 0.05) is 11.6 Å². The van der Waals surface area contributed by atoms with Crippen LogP contribution in [0.15, 0.2) is 54.6 Å². The summed E-state index contributed by atoms with van der Waals surface area (Å²) < 4.78 is 0. The van der Waals surface area contributed by atoms with Crippen molar-refractivity contribution in [1.82, 2.24) is 10.0 Å². The maximum absolute atomic E-state index is 13.5. The molecule has 2 aromatic carbocycles. The van der Waals surface area contributed by atoms with E-state index in [2.05, 4.69) is 0 Å². The van der Waals surface area contributed by atoms with E-state index in [0.717, 1.165) is 16.4 Å². The van der Waals surface area contributed by atoms with E-state index >= 15 is 0 Å². The molecule has 2 fully saturated rings. The molecule has 1 aliphatic carbocycles. The Kier molecular flexibility index (Phi) is 6.04. The van der Waals surface area contributed by atoms with E-state index in [1.165, 1.54) is 24.3 Å². The number of carbonyl (C=O) groups is 4. The molecule has 1 saturated carbocycles. The smallest absolute Gasteiger partial charge is 0.282 e. The standard InChI is InChI=1S/C24H23N3O6/c1-15-11-12-17-19(13-15)24(31)26(23(17)30)25(14-21(28)16-7-3-2-4-8-16)22(29)18-9-5-6-10-20(18)27(32)33/h2-10,15,17,19H,11-14H2,1H3/t15-,17-,19-/m1/s1. The van der Waals surface area contributed by atoms with Crippen LogP contribution in [0.1, 0.15) is 46.9 Å². The molecule has 2 aromatic rings. The van der Waals surface area contributed by atoms with Crippen molar-refractivity contribution in [2.75, 3.05) is 6.54 Å². The molecule has 0 spiro atoms. The summed E-state index contributed by atoms with van der Waals surface area (Å²) in [4.78, 5) is 63.8. The second-order valence-electron chi connectivity index (χ2n) is 8.55. The summed E-state index contributed by atoms with van der Waals surface area (Å²) in [5, 5.41) is 13.0. The number of nitrogens with zero attached hydrogens (tertiary/aromatic N) is 3. The van der Waals surface area contributed by atoms with E-state index in [1.807, 2.05) is 6.92 Å². The molecule has 9 nitrogen and oxygen atoms in total. The Hall–Kier alpha value is -3.88. The number of para-hydroxylation sites is 1. The Labute approximate surface area is 190 Å². The Morgan fingerprint density at radius 2 is 1.64 bits per heavy atom. The van der Waals surface area contributed by atoms with Crippen molar-refractivity contribution in [3.63, 3.8) is 0 Å². The van der Waals surface area contributed by atoms with Gasteiger partial charge in [-0.2, -0.15) is 5.01 Å². The van der Waals surface area contributed by atoms with Gasteiger partial charge in [0.1, 0.15) is 12.1 Å². The summed E-state index contributed by atoms with van der Waals surface area (Å²) >= 11 is 0. The maximum atomic E-state index is 13.5. The zero-order valence-corrected chi connectivity index (χ0v) is 18.0. The number of rotatable bonds is 6. The second-order valence-corrected chi connectivity index (χ2v) is 8.55. The van der Waals surface area contributed by atoms with Crippen molar-refractivity contribution < 1.29 is 24.1 Å². The molecule has 0 radical (unpaired) electrons. The Bertz CT molecular complexity index is 1130. The van der Waals surface area contributed by atoms with Crippen LogP contribution in [0.4, 0.5) is 5.69 Å². The van der Waals surface area contributed by atoms with Crippen molar-refractivity contribution in [2.24, 2.45) is 17.8 Å². The third-order valence-corrected chi connectivity index (χ3v) is 6.36. The average Bonchev–Trinajstić information content (AvgIpc) is 3.06. The normalized spacial score (nSPS) is 22.1. The number of nitro groups is 1. The van der Waals surface area contributed by atoms with Gasteiger partial charge in [-0.1, -0.05) is 49.4 Å². The first-order valence-corrected chi connectivity index (χ1v) is 10.8. The molecule has 2 aliphatic rings. The molecule has 4 rings (SSSR count). The zero-order chi connectivity index (χ0) is 23.7. The number of benzene rings is 2. The molecule has 1 saturated heterocycles. The number of nitro benzene ring substituents is 1. The summed E-state index contributed by atoms with van der Waals surface area (Å²) in [6.07, 6.45) is 1.83.